The van der Waals surface area contributed by atoms with Crippen LogP contribution in [0.25, 0.3) is 0 Å². The quantitative estimate of drug-likeness (QED) is 0.653. The first-order valence-electron chi connectivity index (χ1n) is 8.91. The van der Waals surface area contributed by atoms with Crippen LogP contribution >= 0.6 is 0 Å². The van der Waals surface area contributed by atoms with Gasteiger partial charge in [0.1, 0.15) is 0 Å². The van der Waals surface area contributed by atoms with Gasteiger partial charge >= 0.3 is 0 Å². The lowest BCUT2D eigenvalue weighted by atomic mass is 9.75. The highest BCUT2D eigenvalue weighted by atomic mass is 16.6. The lowest BCUT2D eigenvalue weighted by molar-refractivity contribution is -0.902. The van der Waals surface area contributed by atoms with E-state index in [4.69, 9.17) is 0 Å². The Hall–Kier alpha value is -1.95. The minimum Gasteiger partial charge on any atom is -0.327 e. The largest absolute Gasteiger partial charge is 0.327 e. The fourth-order valence-corrected chi connectivity index (χ4v) is 4.28. The minimum absolute atomic E-state index is 0.00351. The van der Waals surface area contributed by atoms with Gasteiger partial charge in [0, 0.05) is 23.7 Å². The maximum Gasteiger partial charge on any atom is 0.279 e. The molecule has 3 rings (SSSR count). The average molecular weight is 332 g/mol. The molecular formula is C18H26N3O3+. The van der Waals surface area contributed by atoms with Gasteiger partial charge in [-0.25, -0.2) is 0 Å². The zero-order valence-electron chi connectivity index (χ0n) is 14.2. The Labute approximate surface area is 142 Å². The van der Waals surface area contributed by atoms with Crippen molar-refractivity contribution in [1.29, 1.82) is 0 Å². The smallest absolute Gasteiger partial charge is 0.279 e. The molecule has 1 aromatic rings. The second-order valence-electron chi connectivity index (χ2n) is 7.28. The minimum atomic E-state index is -0.420. The standard InChI is InChI=1S/C18H25N3O3/c1-13-10-16(21(23)24)6-7-17(13)19-18(22)12-20-9-8-14-4-2-3-5-15(14)11-20/h6-7,10,14-15H,2-5,8-9,11-12H2,1H3,(H,19,22)/p+1/t14-,15-/m1/s1. The van der Waals surface area contributed by atoms with Gasteiger partial charge in [0.2, 0.25) is 0 Å². The number of fused-ring (bicyclic) bond motifs is 1. The van der Waals surface area contributed by atoms with Gasteiger partial charge in [-0.1, -0.05) is 12.8 Å². The Morgan fingerprint density at radius 2 is 2.04 bits per heavy atom. The van der Waals surface area contributed by atoms with Crippen LogP contribution in [0.1, 0.15) is 37.7 Å². The summed E-state index contributed by atoms with van der Waals surface area (Å²) >= 11 is 0. The van der Waals surface area contributed by atoms with Crippen molar-refractivity contribution < 1.29 is 14.6 Å². The highest BCUT2D eigenvalue weighted by Crippen LogP contribution is 2.32. The molecule has 24 heavy (non-hydrogen) atoms. The number of amides is 1. The molecule has 1 amide bonds. The topological polar surface area (TPSA) is 76.7 Å². The van der Waals surface area contributed by atoms with Crippen LogP contribution in [0.5, 0.6) is 0 Å². The van der Waals surface area contributed by atoms with Crippen molar-refractivity contribution in [3.63, 3.8) is 0 Å². The summed E-state index contributed by atoms with van der Waals surface area (Å²) in [6.07, 6.45) is 6.63. The van der Waals surface area contributed by atoms with Crippen LogP contribution in [-0.2, 0) is 4.79 Å². The normalized spacial score (nSPS) is 26.5. The second-order valence-corrected chi connectivity index (χ2v) is 7.28. The van der Waals surface area contributed by atoms with Crippen molar-refractivity contribution in [2.24, 2.45) is 11.8 Å². The molecule has 0 bridgehead atoms. The predicted molar refractivity (Wildman–Crippen MR) is 92.1 cm³/mol. The molecule has 2 fully saturated rings. The molecule has 1 aliphatic heterocycles. The number of nitrogens with one attached hydrogen (secondary N) is 2. The number of quaternary nitrogens is 1. The molecule has 1 heterocycles. The summed E-state index contributed by atoms with van der Waals surface area (Å²) < 4.78 is 0. The third kappa shape index (κ3) is 3.93. The van der Waals surface area contributed by atoms with E-state index in [0.29, 0.717) is 12.2 Å². The summed E-state index contributed by atoms with van der Waals surface area (Å²) in [5.74, 6) is 1.66. The van der Waals surface area contributed by atoms with Crippen LogP contribution in [0.15, 0.2) is 18.2 Å². The summed E-state index contributed by atoms with van der Waals surface area (Å²) in [5, 5.41) is 13.7. The number of hydrogen-bond acceptors (Lipinski definition) is 3. The van der Waals surface area contributed by atoms with E-state index in [2.05, 4.69) is 5.32 Å². The molecule has 2 N–H and O–H groups in total. The van der Waals surface area contributed by atoms with Crippen molar-refractivity contribution in [2.75, 3.05) is 25.0 Å². The van der Waals surface area contributed by atoms with E-state index in [1.165, 1.54) is 49.1 Å². The van der Waals surface area contributed by atoms with Crippen molar-refractivity contribution in [1.82, 2.24) is 0 Å². The first-order chi connectivity index (χ1) is 11.5. The number of carbonyl (C=O) groups excluding carboxylic acids is 1. The molecule has 0 spiro atoms. The van der Waals surface area contributed by atoms with E-state index in [1.54, 1.807) is 13.0 Å². The van der Waals surface area contributed by atoms with E-state index in [9.17, 15) is 14.9 Å². The van der Waals surface area contributed by atoms with Gasteiger partial charge in [-0.15, -0.1) is 0 Å². The number of anilines is 1. The number of nitrogens with zero attached hydrogens (tertiary/aromatic N) is 1. The van der Waals surface area contributed by atoms with Gasteiger partial charge in [-0.05, 0) is 43.7 Å². The molecule has 3 atom stereocenters. The van der Waals surface area contributed by atoms with E-state index in [1.807, 2.05) is 0 Å². The van der Waals surface area contributed by atoms with Crippen molar-refractivity contribution in [3.05, 3.63) is 33.9 Å². The first kappa shape index (κ1) is 16.9. The highest BCUT2D eigenvalue weighted by molar-refractivity contribution is 5.92. The summed E-state index contributed by atoms with van der Waals surface area (Å²) in [6.45, 7) is 4.45. The van der Waals surface area contributed by atoms with Gasteiger partial charge in [-0.2, -0.15) is 0 Å². The SMILES string of the molecule is Cc1cc([N+](=O)[O-])ccc1NC(=O)C[NH+]1CC[C@H]2CCCC[C@@H]2C1. The number of piperidine rings is 1. The highest BCUT2D eigenvalue weighted by Gasteiger charge is 2.34. The van der Waals surface area contributed by atoms with Crippen LogP contribution in [0.3, 0.4) is 0 Å². The average Bonchev–Trinajstić information content (AvgIpc) is 2.56. The van der Waals surface area contributed by atoms with Crippen molar-refractivity contribution in [2.45, 2.75) is 39.0 Å². The van der Waals surface area contributed by atoms with Crippen LogP contribution in [0.2, 0.25) is 0 Å². The van der Waals surface area contributed by atoms with Gasteiger partial charge in [-0.3, -0.25) is 14.9 Å². The molecule has 0 aromatic heterocycles. The summed E-state index contributed by atoms with van der Waals surface area (Å²) in [5.41, 5.74) is 1.44. The van der Waals surface area contributed by atoms with Gasteiger partial charge in [0.05, 0.1) is 18.0 Å². The predicted octanol–water partition coefficient (Wildman–Crippen LogP) is 1.94. The molecule has 6 heteroatoms. The molecule has 2 aliphatic rings. The van der Waals surface area contributed by atoms with Crippen molar-refractivity contribution >= 4 is 17.3 Å². The van der Waals surface area contributed by atoms with Crippen molar-refractivity contribution in [3.8, 4) is 0 Å². The number of nitro groups is 1. The monoisotopic (exact) mass is 332 g/mol. The zero-order chi connectivity index (χ0) is 17.1. The Morgan fingerprint density at radius 3 is 2.75 bits per heavy atom. The molecule has 6 nitrogen and oxygen atoms in total. The van der Waals surface area contributed by atoms with E-state index in [0.717, 1.165) is 30.5 Å². The van der Waals surface area contributed by atoms with Crippen LogP contribution in [0.4, 0.5) is 11.4 Å². The van der Waals surface area contributed by atoms with Crippen LogP contribution < -0.4 is 10.2 Å². The van der Waals surface area contributed by atoms with Gasteiger partial charge < -0.3 is 10.2 Å². The zero-order valence-corrected chi connectivity index (χ0v) is 14.2. The number of hydrogen-bond donors (Lipinski definition) is 2. The Balaban J connectivity index is 1.55. The molecule has 1 saturated heterocycles. The second kappa shape index (κ2) is 7.30. The molecule has 1 saturated carbocycles. The summed E-state index contributed by atoms with van der Waals surface area (Å²) in [6, 6.07) is 4.55. The van der Waals surface area contributed by atoms with E-state index >= 15 is 0 Å². The molecule has 130 valence electrons. The molecule has 1 aliphatic carbocycles. The lowest BCUT2D eigenvalue weighted by Crippen LogP contribution is -3.15. The molecule has 0 radical (unpaired) electrons. The molecular weight excluding hydrogens is 306 g/mol. The van der Waals surface area contributed by atoms with Crippen LogP contribution in [0, 0.1) is 28.9 Å². The molecule has 1 unspecified atom stereocenters. The van der Waals surface area contributed by atoms with Gasteiger partial charge in [0.15, 0.2) is 6.54 Å². The molecule has 1 aromatic carbocycles. The fraction of sp³-hybridized carbons (Fsp3) is 0.611. The Kier molecular flexibility index (Phi) is 5.14. The summed E-state index contributed by atoms with van der Waals surface area (Å²) in [7, 11) is 0. The number of aryl methyl sites for hydroxylation is 1. The Morgan fingerprint density at radius 1 is 1.29 bits per heavy atom. The summed E-state index contributed by atoms with van der Waals surface area (Å²) in [4.78, 5) is 24.1. The Bertz CT molecular complexity index is 632. The number of carbonyl (C=O) groups is 1. The number of benzene rings is 1. The number of likely N-dealkylation sites (tertiary alicyclic amines) is 1. The lowest BCUT2D eigenvalue weighted by Gasteiger charge is -2.38. The van der Waals surface area contributed by atoms with E-state index in [-0.39, 0.29) is 11.6 Å². The first-order valence-corrected chi connectivity index (χ1v) is 8.91. The third-order valence-electron chi connectivity index (χ3n) is 5.59. The maximum absolute atomic E-state index is 12.3. The number of rotatable bonds is 4. The third-order valence-corrected chi connectivity index (χ3v) is 5.59. The van der Waals surface area contributed by atoms with E-state index < -0.39 is 4.92 Å². The van der Waals surface area contributed by atoms with Gasteiger partial charge in [0.25, 0.3) is 11.6 Å². The van der Waals surface area contributed by atoms with Crippen LogP contribution in [-0.4, -0.2) is 30.5 Å². The number of non-ortho nitro benzene ring substituents is 1. The number of nitro benzene ring substituents is 1. The maximum atomic E-state index is 12.3. The fourth-order valence-electron chi connectivity index (χ4n) is 4.28.